The van der Waals surface area contributed by atoms with Gasteiger partial charge in [-0.15, -0.1) is 0 Å². The predicted molar refractivity (Wildman–Crippen MR) is 194 cm³/mol. The number of rotatable bonds is 15. The van der Waals surface area contributed by atoms with Crippen molar-refractivity contribution in [3.63, 3.8) is 0 Å². The second kappa shape index (κ2) is 18.5. The van der Waals surface area contributed by atoms with Crippen LogP contribution >= 0.6 is 0 Å². The first-order valence-corrected chi connectivity index (χ1v) is 20.0. The molecular weight excluding hydrogens is 740 g/mol. The van der Waals surface area contributed by atoms with Gasteiger partial charge in [-0.05, 0) is 67.6 Å². The first kappa shape index (κ1) is 42.5. The molecule has 9 N–H and O–H groups in total. The lowest BCUT2D eigenvalue weighted by molar-refractivity contribution is -0.503. The van der Waals surface area contributed by atoms with Crippen LogP contribution in [0.3, 0.4) is 0 Å². The van der Waals surface area contributed by atoms with E-state index in [4.69, 9.17) is 20.9 Å². The summed E-state index contributed by atoms with van der Waals surface area (Å²) in [6, 6.07) is 6.53. The molecule has 55 heavy (non-hydrogen) atoms. The Kier molecular flexibility index (Phi) is 14.3. The summed E-state index contributed by atoms with van der Waals surface area (Å²) in [5.74, 6) is -1.50. The van der Waals surface area contributed by atoms with Gasteiger partial charge in [-0.25, -0.2) is 8.42 Å². The van der Waals surface area contributed by atoms with Gasteiger partial charge in [-0.3, -0.25) is 34.6 Å². The van der Waals surface area contributed by atoms with Crippen molar-refractivity contribution < 1.29 is 60.9 Å². The van der Waals surface area contributed by atoms with Crippen molar-refractivity contribution in [3.8, 4) is 0 Å². The number of likely N-dealkylation sites (tertiary alicyclic amines) is 1. The predicted octanol–water partition coefficient (Wildman–Crippen LogP) is -2.07. The van der Waals surface area contributed by atoms with E-state index in [1.807, 2.05) is 26.0 Å². The topological polar surface area (TPSA) is 279 Å². The lowest BCUT2D eigenvalue weighted by atomic mass is 9.82. The number of nitrogens with zero attached hydrogens (tertiary/aromatic N) is 2. The Balaban J connectivity index is 1.32. The van der Waals surface area contributed by atoms with Crippen molar-refractivity contribution in [3.05, 3.63) is 47.5 Å². The van der Waals surface area contributed by atoms with Crippen molar-refractivity contribution in [1.82, 2.24) is 15.5 Å². The van der Waals surface area contributed by atoms with E-state index < -0.39 is 83.8 Å². The number of hydrogen-bond donors (Lipinski definition) is 7. The number of aliphatic hydroxyl groups is 3. The maximum absolute atomic E-state index is 14.7. The van der Waals surface area contributed by atoms with Crippen LogP contribution in [0.15, 0.2) is 42.0 Å². The van der Waals surface area contributed by atoms with Crippen molar-refractivity contribution >= 4 is 34.1 Å². The van der Waals surface area contributed by atoms with Crippen LogP contribution in [0.5, 0.6) is 0 Å². The summed E-state index contributed by atoms with van der Waals surface area (Å²) >= 11 is 0. The molecule has 0 unspecified atom stereocenters. The molecule has 0 aromatic heterocycles. The van der Waals surface area contributed by atoms with Gasteiger partial charge in [0, 0.05) is 19.0 Å². The molecule has 18 nitrogen and oxygen atoms in total. The highest BCUT2D eigenvalue weighted by Gasteiger charge is 2.52. The number of nitrogens with one attached hydrogen (secondary N) is 2. The molecule has 10 atom stereocenters. The van der Waals surface area contributed by atoms with Gasteiger partial charge in [0.05, 0.1) is 25.8 Å². The highest BCUT2D eigenvalue weighted by Crippen LogP contribution is 2.42. The van der Waals surface area contributed by atoms with Crippen LogP contribution in [0.1, 0.15) is 57.9 Å². The smallest absolute Gasteiger partial charge is 0.341 e. The lowest BCUT2D eigenvalue weighted by Gasteiger charge is -2.42. The molecular formula is C36H54N6O12S. The normalized spacial score (nSPS) is 29.3. The number of carbonyl (C=O) groups excluding carboxylic acids is 3. The van der Waals surface area contributed by atoms with Crippen LogP contribution in [-0.4, -0.2) is 143 Å². The number of aliphatic hydroxyl groups excluding tert-OH is 3. The Bertz CT molecular complexity index is 1690. The fourth-order valence-corrected chi connectivity index (χ4v) is 8.40. The molecule has 5 rings (SSSR count). The fourth-order valence-electron chi connectivity index (χ4n) is 7.93. The zero-order valence-electron chi connectivity index (χ0n) is 31.1. The van der Waals surface area contributed by atoms with Crippen LogP contribution in [0, 0.1) is 11.8 Å². The molecule has 1 aromatic rings. The maximum Gasteiger partial charge on any atom is 0.341 e. The molecule has 3 heterocycles. The van der Waals surface area contributed by atoms with Gasteiger partial charge in [0.15, 0.2) is 6.29 Å². The molecule has 0 radical (unpaired) electrons. The monoisotopic (exact) mass is 794 g/mol. The molecule has 4 aliphatic rings. The van der Waals surface area contributed by atoms with E-state index in [0.29, 0.717) is 45.3 Å². The van der Waals surface area contributed by atoms with Crippen molar-refractivity contribution in [2.24, 2.45) is 23.3 Å². The standard InChI is InChI=1S/C36H54N6O12S/c1-20(2)14-25(40-33(47)28(43)15-21-6-4-3-5-7-21)34(48)42-26-17-24(53-35-31(45)30(44)29(19-52-35)54-55(49,50)51)9-8-23(26)16-27(42)32(46)39-12-10-22-11-13-41(18-22)36(37)38/h3-7,11,20,23-31,35,43-45H,8-10,12-19H2,1-2H3,(H6,37,38,39,40,46,47,49,50,51)/t23-,24+,25+,26-,27-,28+,29+,30-,31+,35+/m0/s1. The molecule has 3 amide bonds. The van der Waals surface area contributed by atoms with Crippen LogP contribution in [0.2, 0.25) is 0 Å². The summed E-state index contributed by atoms with van der Waals surface area (Å²) in [5, 5.41) is 37.7. The number of ether oxygens (including phenoxy) is 2. The van der Waals surface area contributed by atoms with E-state index >= 15 is 0 Å². The van der Waals surface area contributed by atoms with Gasteiger partial charge in [0.25, 0.3) is 0 Å². The highest BCUT2D eigenvalue weighted by molar-refractivity contribution is 7.80. The first-order chi connectivity index (χ1) is 26.0. The van der Waals surface area contributed by atoms with E-state index in [2.05, 4.69) is 14.8 Å². The average Bonchev–Trinajstić information content (AvgIpc) is 3.76. The minimum absolute atomic E-state index is 0.0428. The number of benzene rings is 1. The van der Waals surface area contributed by atoms with E-state index in [-0.39, 0.29) is 43.0 Å². The molecule has 1 aliphatic carbocycles. The fraction of sp³-hybridized carbons (Fsp3) is 0.667. The molecule has 3 fully saturated rings. The molecule has 3 aliphatic heterocycles. The van der Waals surface area contributed by atoms with E-state index in [0.717, 1.165) is 11.1 Å². The first-order valence-electron chi connectivity index (χ1n) is 18.7. The summed E-state index contributed by atoms with van der Waals surface area (Å²) in [6.45, 7) is 4.68. The Hall–Kier alpha value is -3.69. The largest absolute Gasteiger partial charge is 0.726 e. The van der Waals surface area contributed by atoms with E-state index in [9.17, 15) is 42.7 Å². The van der Waals surface area contributed by atoms with Crippen molar-refractivity contribution in [2.75, 3.05) is 26.2 Å². The Morgan fingerprint density at radius 3 is 2.49 bits per heavy atom. The van der Waals surface area contributed by atoms with Gasteiger partial charge in [0.2, 0.25) is 28.1 Å². The Labute approximate surface area is 320 Å². The lowest BCUT2D eigenvalue weighted by Crippen LogP contribution is -2.59. The van der Waals surface area contributed by atoms with Crippen LogP contribution < -0.4 is 22.1 Å². The second-order valence-corrected chi connectivity index (χ2v) is 16.2. The van der Waals surface area contributed by atoms with Crippen molar-refractivity contribution in [2.45, 2.75) is 114 Å². The molecule has 0 spiro atoms. The molecule has 1 saturated carbocycles. The van der Waals surface area contributed by atoms with Crippen LogP contribution in [-0.2, 0) is 44.9 Å². The highest BCUT2D eigenvalue weighted by atomic mass is 32.3. The van der Waals surface area contributed by atoms with Gasteiger partial charge < -0.3 is 44.9 Å². The maximum atomic E-state index is 14.7. The molecule has 19 heteroatoms. The van der Waals surface area contributed by atoms with Crippen LogP contribution in [0.25, 0.3) is 0 Å². The zero-order chi connectivity index (χ0) is 40.0. The van der Waals surface area contributed by atoms with Gasteiger partial charge in [0.1, 0.15) is 36.5 Å². The average molecular weight is 795 g/mol. The minimum atomic E-state index is -5.19. The molecule has 306 valence electrons. The molecule has 1 aromatic carbocycles. The van der Waals surface area contributed by atoms with E-state index in [1.165, 1.54) is 4.90 Å². The number of fused-ring (bicyclic) bond motifs is 1. The summed E-state index contributed by atoms with van der Waals surface area (Å²) in [5.41, 5.74) is 13.2. The number of guanidine groups is 1. The van der Waals surface area contributed by atoms with Crippen LogP contribution in [0.4, 0.5) is 0 Å². The van der Waals surface area contributed by atoms with E-state index in [1.54, 1.807) is 28.8 Å². The SMILES string of the molecule is CC(C)C[C@@H](NC(=O)[C@H](O)Cc1ccccc1)C(=O)N1[C@H](C(=O)NCCC2=CC[N+](=C(N)N)C2)C[C@@H]2CC[C@@H](O[C@H]3OC[C@@H](OS(=O)(=O)[O-])[C@H](O)[C@H]3O)C[C@@H]21. The summed E-state index contributed by atoms with van der Waals surface area (Å²) in [7, 11) is -5.19. The second-order valence-electron chi connectivity index (χ2n) is 15.2. The van der Waals surface area contributed by atoms with Gasteiger partial charge in [-0.2, -0.15) is 0 Å². The molecule has 0 bridgehead atoms. The van der Waals surface area contributed by atoms with Gasteiger partial charge in [-0.1, -0.05) is 44.2 Å². The zero-order valence-corrected chi connectivity index (χ0v) is 31.9. The summed E-state index contributed by atoms with van der Waals surface area (Å²) in [6.07, 6.45) is -4.25. The third kappa shape index (κ3) is 11.2. The number of hydrogen-bond acceptors (Lipinski definition) is 12. The Morgan fingerprint density at radius 1 is 1.11 bits per heavy atom. The van der Waals surface area contributed by atoms with Gasteiger partial charge >= 0.3 is 5.96 Å². The third-order valence-corrected chi connectivity index (χ3v) is 11.2. The van der Waals surface area contributed by atoms with Crippen molar-refractivity contribution in [1.29, 1.82) is 0 Å². The minimum Gasteiger partial charge on any atom is -0.726 e. The summed E-state index contributed by atoms with van der Waals surface area (Å²) < 4.78 is 50.9. The summed E-state index contributed by atoms with van der Waals surface area (Å²) in [4.78, 5) is 43.5. The Morgan fingerprint density at radius 2 is 1.84 bits per heavy atom. The number of nitrogens with two attached hydrogens (primary N) is 2. The number of amides is 3. The third-order valence-electron chi connectivity index (χ3n) is 10.7. The quantitative estimate of drug-likeness (QED) is 0.0331. The number of carbonyl (C=O) groups is 3. The molecule has 2 saturated heterocycles.